The summed E-state index contributed by atoms with van der Waals surface area (Å²) in [5, 5.41) is 32.7. The Morgan fingerprint density at radius 3 is 2.36 bits per heavy atom. The van der Waals surface area contributed by atoms with Crippen molar-refractivity contribution in [2.45, 2.75) is 38.3 Å². The van der Waals surface area contributed by atoms with Crippen molar-refractivity contribution < 1.29 is 20.1 Å². The number of hydrogen-bond acceptors (Lipinski definition) is 5. The molecule has 2 aromatic rings. The second kappa shape index (κ2) is 8.23. The molecule has 2 aromatic carbocycles. The molecule has 4 N–H and O–H groups in total. The predicted molar refractivity (Wildman–Crippen MR) is 98.1 cm³/mol. The highest BCUT2D eigenvalue weighted by Gasteiger charge is 2.20. The highest BCUT2D eigenvalue weighted by molar-refractivity contribution is 5.37. The van der Waals surface area contributed by atoms with E-state index in [4.69, 9.17) is 4.74 Å². The molecule has 0 saturated carbocycles. The molecule has 0 aliphatic heterocycles. The average Bonchev–Trinajstić information content (AvgIpc) is 2.57. The Morgan fingerprint density at radius 1 is 1.08 bits per heavy atom. The minimum atomic E-state index is -0.816. The van der Waals surface area contributed by atoms with Gasteiger partial charge in [-0.1, -0.05) is 18.2 Å². The van der Waals surface area contributed by atoms with E-state index < -0.39 is 6.10 Å². The topological polar surface area (TPSA) is 82.0 Å². The fraction of sp³-hybridized carbons (Fsp3) is 0.400. The van der Waals surface area contributed by atoms with Gasteiger partial charge in [0.15, 0.2) is 0 Å². The fourth-order valence-electron chi connectivity index (χ4n) is 2.75. The van der Waals surface area contributed by atoms with E-state index in [2.05, 4.69) is 25.2 Å². The standard InChI is InChI=1S/C20H27NO4/c1-20(2,9-8-14-6-4-5-7-19(14)25-3)21-13-18(24)15-10-16(22)12-17(23)11-15/h4-7,10-12,18,21-24H,8-9,13H2,1-3H3. The van der Waals surface area contributed by atoms with Crippen LogP contribution in [0.3, 0.4) is 0 Å². The van der Waals surface area contributed by atoms with E-state index in [1.54, 1.807) is 7.11 Å². The molecule has 0 heterocycles. The Labute approximate surface area is 148 Å². The molecule has 5 heteroatoms. The lowest BCUT2D eigenvalue weighted by Gasteiger charge is -2.28. The Balaban J connectivity index is 1.92. The highest BCUT2D eigenvalue weighted by atomic mass is 16.5. The molecule has 2 rings (SSSR count). The van der Waals surface area contributed by atoms with E-state index in [1.165, 1.54) is 18.2 Å². The predicted octanol–water partition coefficient (Wildman–Crippen LogP) is 3.14. The van der Waals surface area contributed by atoms with Gasteiger partial charge in [-0.05, 0) is 56.0 Å². The zero-order chi connectivity index (χ0) is 18.4. The number of rotatable bonds is 8. The lowest BCUT2D eigenvalue weighted by atomic mass is 9.94. The van der Waals surface area contributed by atoms with Crippen LogP contribution in [0.2, 0.25) is 0 Å². The second-order valence-electron chi connectivity index (χ2n) is 6.88. The highest BCUT2D eigenvalue weighted by Crippen LogP contribution is 2.26. The van der Waals surface area contributed by atoms with Gasteiger partial charge in [0.05, 0.1) is 13.2 Å². The molecule has 5 nitrogen and oxygen atoms in total. The van der Waals surface area contributed by atoms with E-state index in [1.807, 2.05) is 18.2 Å². The van der Waals surface area contributed by atoms with Crippen molar-refractivity contribution >= 4 is 0 Å². The van der Waals surface area contributed by atoms with Crippen molar-refractivity contribution in [3.63, 3.8) is 0 Å². The van der Waals surface area contributed by atoms with Gasteiger partial charge in [-0.25, -0.2) is 0 Å². The normalized spacial score (nSPS) is 12.8. The van der Waals surface area contributed by atoms with Crippen LogP contribution in [-0.2, 0) is 6.42 Å². The summed E-state index contributed by atoms with van der Waals surface area (Å²) in [7, 11) is 1.67. The van der Waals surface area contributed by atoms with Crippen LogP contribution in [0.1, 0.15) is 37.5 Å². The number of phenols is 2. The number of aryl methyl sites for hydroxylation is 1. The van der Waals surface area contributed by atoms with Crippen molar-refractivity contribution in [1.29, 1.82) is 0 Å². The maximum Gasteiger partial charge on any atom is 0.122 e. The minimum Gasteiger partial charge on any atom is -0.508 e. The SMILES string of the molecule is COc1ccccc1CCC(C)(C)NCC(O)c1cc(O)cc(O)c1. The van der Waals surface area contributed by atoms with Crippen LogP contribution >= 0.6 is 0 Å². The molecule has 0 aliphatic rings. The third-order valence-corrected chi connectivity index (χ3v) is 4.30. The van der Waals surface area contributed by atoms with E-state index in [0.29, 0.717) is 12.1 Å². The Kier molecular flexibility index (Phi) is 6.28. The molecule has 0 saturated heterocycles. The largest absolute Gasteiger partial charge is 0.508 e. The van der Waals surface area contributed by atoms with Gasteiger partial charge in [-0.2, -0.15) is 0 Å². The Hall–Kier alpha value is -2.24. The summed E-state index contributed by atoms with van der Waals surface area (Å²) in [6.07, 6.45) is 0.904. The molecule has 0 bridgehead atoms. The first-order chi connectivity index (χ1) is 11.8. The summed E-state index contributed by atoms with van der Waals surface area (Å²) in [6, 6.07) is 12.1. The number of aromatic hydroxyl groups is 2. The van der Waals surface area contributed by atoms with Crippen LogP contribution in [0, 0.1) is 0 Å². The first-order valence-electron chi connectivity index (χ1n) is 8.38. The molecule has 136 valence electrons. The number of aliphatic hydroxyl groups is 1. The molecule has 0 amide bonds. The van der Waals surface area contributed by atoms with Gasteiger partial charge in [-0.15, -0.1) is 0 Å². The van der Waals surface area contributed by atoms with Gasteiger partial charge in [0.1, 0.15) is 17.2 Å². The number of para-hydroxylation sites is 1. The lowest BCUT2D eigenvalue weighted by Crippen LogP contribution is -2.42. The van der Waals surface area contributed by atoms with Crippen LogP contribution in [0.15, 0.2) is 42.5 Å². The van der Waals surface area contributed by atoms with Gasteiger partial charge in [0.25, 0.3) is 0 Å². The number of hydrogen-bond donors (Lipinski definition) is 4. The smallest absolute Gasteiger partial charge is 0.122 e. The number of aliphatic hydroxyl groups excluding tert-OH is 1. The van der Waals surface area contributed by atoms with Gasteiger partial charge in [-0.3, -0.25) is 0 Å². The zero-order valence-corrected chi connectivity index (χ0v) is 15.0. The van der Waals surface area contributed by atoms with E-state index in [-0.39, 0.29) is 17.0 Å². The summed E-state index contributed by atoms with van der Waals surface area (Å²) in [5.74, 6) is 0.752. The number of methoxy groups -OCH3 is 1. The monoisotopic (exact) mass is 345 g/mol. The molecule has 0 radical (unpaired) electrons. The fourth-order valence-corrected chi connectivity index (χ4v) is 2.75. The molecule has 0 aromatic heterocycles. The quantitative estimate of drug-likeness (QED) is 0.591. The molecule has 1 atom stereocenters. The number of phenolic OH excluding ortho intramolecular Hbond substituents is 2. The molecule has 1 unspecified atom stereocenters. The van der Waals surface area contributed by atoms with Crippen LogP contribution in [-0.4, -0.2) is 34.5 Å². The van der Waals surface area contributed by atoms with Gasteiger partial charge in [0, 0.05) is 18.2 Å². The minimum absolute atomic E-state index is 0.0653. The molecular weight excluding hydrogens is 318 g/mol. The summed E-state index contributed by atoms with van der Waals surface area (Å²) >= 11 is 0. The van der Waals surface area contributed by atoms with E-state index >= 15 is 0 Å². The summed E-state index contributed by atoms with van der Waals surface area (Å²) in [6.45, 7) is 4.48. The number of nitrogens with one attached hydrogen (secondary N) is 1. The van der Waals surface area contributed by atoms with Crippen LogP contribution in [0.4, 0.5) is 0 Å². The maximum atomic E-state index is 10.3. The Morgan fingerprint density at radius 2 is 1.72 bits per heavy atom. The third-order valence-electron chi connectivity index (χ3n) is 4.30. The van der Waals surface area contributed by atoms with Gasteiger partial charge >= 0.3 is 0 Å². The van der Waals surface area contributed by atoms with Crippen molar-refractivity contribution in [1.82, 2.24) is 5.32 Å². The number of benzene rings is 2. The maximum absolute atomic E-state index is 10.3. The summed E-state index contributed by atoms with van der Waals surface area (Å²) in [5.41, 5.74) is 1.43. The molecule has 0 fully saturated rings. The van der Waals surface area contributed by atoms with Gasteiger partial charge < -0.3 is 25.4 Å². The van der Waals surface area contributed by atoms with Crippen LogP contribution < -0.4 is 10.1 Å². The molecule has 25 heavy (non-hydrogen) atoms. The molecule has 0 spiro atoms. The molecule has 0 aliphatic carbocycles. The summed E-state index contributed by atoms with van der Waals surface area (Å²) in [4.78, 5) is 0. The average molecular weight is 345 g/mol. The number of β-amino-alcohol motifs (C(OH)–C–C–N with tert-alkyl or cyclic N) is 1. The molecular formula is C20H27NO4. The second-order valence-corrected chi connectivity index (χ2v) is 6.88. The van der Waals surface area contributed by atoms with Crippen LogP contribution in [0.5, 0.6) is 17.2 Å². The van der Waals surface area contributed by atoms with Crippen molar-refractivity contribution in [2.24, 2.45) is 0 Å². The summed E-state index contributed by atoms with van der Waals surface area (Å²) < 4.78 is 5.38. The first kappa shape index (κ1) is 19.1. The van der Waals surface area contributed by atoms with Crippen molar-refractivity contribution in [3.05, 3.63) is 53.6 Å². The van der Waals surface area contributed by atoms with Crippen LogP contribution in [0.25, 0.3) is 0 Å². The van der Waals surface area contributed by atoms with E-state index in [9.17, 15) is 15.3 Å². The van der Waals surface area contributed by atoms with Gasteiger partial charge in [0.2, 0.25) is 0 Å². The van der Waals surface area contributed by atoms with E-state index in [0.717, 1.165) is 24.2 Å². The van der Waals surface area contributed by atoms with Crippen molar-refractivity contribution in [2.75, 3.05) is 13.7 Å². The third kappa shape index (κ3) is 5.66. The van der Waals surface area contributed by atoms with Crippen molar-refractivity contribution in [3.8, 4) is 17.2 Å². The number of ether oxygens (including phenoxy) is 1. The Bertz CT molecular complexity index is 680. The zero-order valence-electron chi connectivity index (χ0n) is 15.0. The lowest BCUT2D eigenvalue weighted by molar-refractivity contribution is 0.158. The first-order valence-corrected chi connectivity index (χ1v) is 8.38.